The fourth-order valence-corrected chi connectivity index (χ4v) is 4.48. The smallest absolute Gasteiger partial charge is 0.0164 e. The average Bonchev–Trinajstić information content (AvgIpc) is 2.74. The van der Waals surface area contributed by atoms with Crippen LogP contribution < -0.4 is 0 Å². The van der Waals surface area contributed by atoms with Gasteiger partial charge in [0.15, 0.2) is 0 Å². The minimum absolute atomic E-state index is 0.739. The second kappa shape index (κ2) is 12.8. The van der Waals surface area contributed by atoms with Crippen molar-refractivity contribution in [3.8, 4) is 0 Å². The van der Waals surface area contributed by atoms with Crippen molar-refractivity contribution in [1.82, 2.24) is 0 Å². The van der Waals surface area contributed by atoms with Crippen LogP contribution in [0.2, 0.25) is 0 Å². The predicted octanol–water partition coefficient (Wildman–Crippen LogP) is 8.74. The summed E-state index contributed by atoms with van der Waals surface area (Å²) in [5, 5.41) is 0. The van der Waals surface area contributed by atoms with Crippen molar-refractivity contribution in [2.45, 2.75) is 90.4 Å². The fraction of sp³-hybridized carbons (Fsp3) is 0.556. The van der Waals surface area contributed by atoms with E-state index in [1.165, 1.54) is 68.9 Å². The summed E-state index contributed by atoms with van der Waals surface area (Å²) in [7, 11) is 0. The summed E-state index contributed by atoms with van der Waals surface area (Å²) >= 11 is 0. The van der Waals surface area contributed by atoms with Gasteiger partial charge in [0.25, 0.3) is 0 Å². The molecule has 0 spiro atoms. The zero-order valence-corrected chi connectivity index (χ0v) is 17.9. The minimum Gasteiger partial charge on any atom is -0.0651 e. The lowest BCUT2D eigenvalue weighted by Gasteiger charge is -2.21. The van der Waals surface area contributed by atoms with E-state index in [0.29, 0.717) is 0 Å². The van der Waals surface area contributed by atoms with Crippen LogP contribution in [-0.4, -0.2) is 0 Å². The third-order valence-electron chi connectivity index (χ3n) is 6.44. The van der Waals surface area contributed by atoms with Crippen LogP contribution in [0.5, 0.6) is 0 Å². The highest BCUT2D eigenvalue weighted by Crippen LogP contribution is 2.30. The molecule has 148 valence electrons. The highest BCUT2D eigenvalue weighted by Gasteiger charge is 2.14. The first-order valence-corrected chi connectivity index (χ1v) is 11.4. The molecule has 0 aliphatic heterocycles. The van der Waals surface area contributed by atoms with Crippen LogP contribution in [0.4, 0.5) is 0 Å². The Labute approximate surface area is 168 Å². The molecule has 0 aliphatic carbocycles. The molecule has 0 saturated heterocycles. The van der Waals surface area contributed by atoms with Crippen molar-refractivity contribution in [3.05, 3.63) is 71.8 Å². The Balaban J connectivity index is 1.71. The van der Waals surface area contributed by atoms with E-state index in [1.54, 1.807) is 0 Å². The highest BCUT2D eigenvalue weighted by atomic mass is 14.2. The minimum atomic E-state index is 0.739. The zero-order chi connectivity index (χ0) is 19.3. The lowest BCUT2D eigenvalue weighted by molar-refractivity contribution is 0.380. The largest absolute Gasteiger partial charge is 0.0651 e. The molecule has 0 amide bonds. The number of unbranched alkanes of at least 4 members (excludes halogenated alkanes) is 1. The Kier molecular flexibility index (Phi) is 10.3. The summed E-state index contributed by atoms with van der Waals surface area (Å²) < 4.78 is 0. The van der Waals surface area contributed by atoms with Crippen molar-refractivity contribution < 1.29 is 0 Å². The molecule has 0 fully saturated rings. The molecule has 2 aromatic carbocycles. The Bertz CT molecular complexity index is 586. The molecule has 0 nitrogen and oxygen atoms in total. The van der Waals surface area contributed by atoms with E-state index in [1.807, 2.05) is 0 Å². The molecule has 0 saturated carbocycles. The van der Waals surface area contributed by atoms with Gasteiger partial charge in [-0.2, -0.15) is 0 Å². The maximum absolute atomic E-state index is 2.38. The van der Waals surface area contributed by atoms with Gasteiger partial charge in [-0.1, -0.05) is 107 Å². The Hall–Kier alpha value is -1.56. The molecular weight excluding hydrogens is 324 g/mol. The standard InChI is InChI=1S/C27H40/c1-4-23(21-22-25(6-3)27-19-11-8-12-20-27)15-13-14-16-24(5-2)26-17-9-7-10-18-26/h7-12,17-20,23-25H,4-6,13-16,21-22H2,1-3H3. The van der Waals surface area contributed by atoms with Crippen LogP contribution in [0.3, 0.4) is 0 Å². The van der Waals surface area contributed by atoms with Gasteiger partial charge in [-0.25, -0.2) is 0 Å². The fourth-order valence-electron chi connectivity index (χ4n) is 4.48. The first-order chi connectivity index (χ1) is 13.3. The van der Waals surface area contributed by atoms with Crippen LogP contribution >= 0.6 is 0 Å². The normalized spacial score (nSPS) is 14.6. The molecule has 0 heterocycles. The van der Waals surface area contributed by atoms with Crippen LogP contribution in [0, 0.1) is 5.92 Å². The maximum Gasteiger partial charge on any atom is -0.0164 e. The van der Waals surface area contributed by atoms with E-state index in [2.05, 4.69) is 81.4 Å². The van der Waals surface area contributed by atoms with E-state index in [9.17, 15) is 0 Å². The summed E-state index contributed by atoms with van der Waals surface area (Å²) in [4.78, 5) is 0. The molecule has 0 N–H and O–H groups in total. The Morgan fingerprint density at radius 3 is 1.48 bits per heavy atom. The van der Waals surface area contributed by atoms with Crippen molar-refractivity contribution in [2.24, 2.45) is 5.92 Å². The molecule has 2 aromatic rings. The van der Waals surface area contributed by atoms with Gasteiger partial charge in [-0.3, -0.25) is 0 Å². The van der Waals surface area contributed by atoms with Crippen molar-refractivity contribution in [3.63, 3.8) is 0 Å². The van der Waals surface area contributed by atoms with Gasteiger partial charge < -0.3 is 0 Å². The maximum atomic E-state index is 2.38. The molecule has 0 bridgehead atoms. The summed E-state index contributed by atoms with van der Waals surface area (Å²) in [5.41, 5.74) is 3.06. The van der Waals surface area contributed by atoms with E-state index < -0.39 is 0 Å². The van der Waals surface area contributed by atoms with Gasteiger partial charge in [0.05, 0.1) is 0 Å². The third kappa shape index (κ3) is 7.53. The second-order valence-electron chi connectivity index (χ2n) is 8.17. The second-order valence-corrected chi connectivity index (χ2v) is 8.17. The lowest BCUT2D eigenvalue weighted by Crippen LogP contribution is -2.05. The molecule has 0 radical (unpaired) electrons. The van der Waals surface area contributed by atoms with Crippen LogP contribution in [0.25, 0.3) is 0 Å². The molecule has 3 unspecified atom stereocenters. The molecule has 0 aromatic heterocycles. The first kappa shape index (κ1) is 21.7. The summed E-state index contributed by atoms with van der Waals surface area (Å²) in [5.74, 6) is 2.39. The quantitative estimate of drug-likeness (QED) is 0.312. The van der Waals surface area contributed by atoms with Crippen LogP contribution in [0.15, 0.2) is 60.7 Å². The molecule has 0 aliphatic rings. The van der Waals surface area contributed by atoms with Gasteiger partial charge in [0.2, 0.25) is 0 Å². The molecule has 3 atom stereocenters. The number of hydrogen-bond donors (Lipinski definition) is 0. The van der Waals surface area contributed by atoms with E-state index in [-0.39, 0.29) is 0 Å². The van der Waals surface area contributed by atoms with Gasteiger partial charge in [-0.05, 0) is 61.0 Å². The van der Waals surface area contributed by atoms with E-state index in [4.69, 9.17) is 0 Å². The molecule has 27 heavy (non-hydrogen) atoms. The number of hydrogen-bond acceptors (Lipinski definition) is 0. The summed E-state index contributed by atoms with van der Waals surface area (Å²) in [6.45, 7) is 7.06. The number of benzene rings is 2. The van der Waals surface area contributed by atoms with Gasteiger partial charge in [0, 0.05) is 0 Å². The molecular formula is C27H40. The first-order valence-electron chi connectivity index (χ1n) is 11.4. The van der Waals surface area contributed by atoms with Gasteiger partial charge in [-0.15, -0.1) is 0 Å². The topological polar surface area (TPSA) is 0 Å². The predicted molar refractivity (Wildman–Crippen MR) is 120 cm³/mol. The Morgan fingerprint density at radius 2 is 1.00 bits per heavy atom. The number of rotatable bonds is 13. The lowest BCUT2D eigenvalue weighted by atomic mass is 9.85. The van der Waals surface area contributed by atoms with Crippen molar-refractivity contribution in [1.29, 1.82) is 0 Å². The average molecular weight is 365 g/mol. The summed E-state index contributed by atoms with van der Waals surface area (Å²) in [6, 6.07) is 22.2. The van der Waals surface area contributed by atoms with Gasteiger partial charge >= 0.3 is 0 Å². The Morgan fingerprint density at radius 1 is 0.519 bits per heavy atom. The van der Waals surface area contributed by atoms with Crippen molar-refractivity contribution in [2.75, 3.05) is 0 Å². The SMILES string of the molecule is CCC(CCCCC(CC)c1ccccc1)CCC(CC)c1ccccc1. The molecule has 2 rings (SSSR count). The molecule has 0 heteroatoms. The van der Waals surface area contributed by atoms with Crippen LogP contribution in [0.1, 0.15) is 102 Å². The van der Waals surface area contributed by atoms with E-state index in [0.717, 1.165) is 17.8 Å². The highest BCUT2D eigenvalue weighted by molar-refractivity contribution is 5.20. The zero-order valence-electron chi connectivity index (χ0n) is 17.9. The van der Waals surface area contributed by atoms with Crippen LogP contribution in [-0.2, 0) is 0 Å². The summed E-state index contributed by atoms with van der Waals surface area (Å²) in [6.07, 6.45) is 12.1. The van der Waals surface area contributed by atoms with Gasteiger partial charge in [0.1, 0.15) is 0 Å². The third-order valence-corrected chi connectivity index (χ3v) is 6.44. The van der Waals surface area contributed by atoms with Crippen molar-refractivity contribution >= 4 is 0 Å². The van der Waals surface area contributed by atoms with E-state index >= 15 is 0 Å². The monoisotopic (exact) mass is 364 g/mol.